The van der Waals surface area contributed by atoms with Gasteiger partial charge < -0.3 is 13.9 Å². The van der Waals surface area contributed by atoms with Crippen LogP contribution in [0.5, 0.6) is 5.75 Å². The highest BCUT2D eigenvalue weighted by atomic mass is 16.5. The molecular weight excluding hydrogens is 258 g/mol. The van der Waals surface area contributed by atoms with Crippen molar-refractivity contribution < 1.29 is 19.1 Å². The second-order valence-corrected chi connectivity index (χ2v) is 4.41. The van der Waals surface area contributed by atoms with Gasteiger partial charge in [0.15, 0.2) is 5.78 Å². The molecule has 0 radical (unpaired) electrons. The van der Waals surface area contributed by atoms with Crippen LogP contribution in [0.4, 0.5) is 0 Å². The normalized spacial score (nSPS) is 10.6. The summed E-state index contributed by atoms with van der Waals surface area (Å²) in [6, 6.07) is 5.30. The van der Waals surface area contributed by atoms with Gasteiger partial charge in [0.1, 0.15) is 5.75 Å². The van der Waals surface area contributed by atoms with Crippen molar-refractivity contribution in [3.63, 3.8) is 0 Å². The summed E-state index contributed by atoms with van der Waals surface area (Å²) in [6.07, 6.45) is 1.92. The van der Waals surface area contributed by atoms with Crippen molar-refractivity contribution in [1.29, 1.82) is 0 Å². The van der Waals surface area contributed by atoms with Crippen molar-refractivity contribution in [2.24, 2.45) is 0 Å². The molecule has 0 spiro atoms. The predicted molar refractivity (Wildman–Crippen MR) is 74.3 cm³/mol. The third-order valence-corrected chi connectivity index (χ3v) is 3.07. The summed E-state index contributed by atoms with van der Waals surface area (Å²) < 4.78 is 11.9. The number of carbonyl (C=O) groups is 2. The van der Waals surface area contributed by atoms with E-state index in [4.69, 9.17) is 9.47 Å². The van der Waals surface area contributed by atoms with Gasteiger partial charge in [-0.1, -0.05) is 0 Å². The van der Waals surface area contributed by atoms with Gasteiger partial charge in [-0.2, -0.15) is 0 Å². The second kappa shape index (κ2) is 5.77. The Morgan fingerprint density at radius 3 is 2.65 bits per heavy atom. The van der Waals surface area contributed by atoms with Gasteiger partial charge in [-0.15, -0.1) is 0 Å². The molecule has 0 bridgehead atoms. The number of ketones is 1. The van der Waals surface area contributed by atoms with E-state index in [0.717, 1.165) is 11.2 Å². The van der Waals surface area contributed by atoms with Crippen LogP contribution in [-0.4, -0.2) is 29.9 Å². The van der Waals surface area contributed by atoms with Gasteiger partial charge in [-0.05, 0) is 26.0 Å². The van der Waals surface area contributed by atoms with Crippen LogP contribution in [0.2, 0.25) is 0 Å². The Bertz CT molecular complexity index is 657. The third-order valence-electron chi connectivity index (χ3n) is 3.07. The first-order valence-corrected chi connectivity index (χ1v) is 6.41. The molecule has 0 saturated heterocycles. The molecule has 0 amide bonds. The fourth-order valence-corrected chi connectivity index (χ4v) is 2.15. The van der Waals surface area contributed by atoms with Gasteiger partial charge in [0.2, 0.25) is 0 Å². The molecule has 5 heteroatoms. The number of ether oxygens (including phenoxy) is 2. The van der Waals surface area contributed by atoms with Crippen molar-refractivity contribution in [2.45, 2.75) is 20.3 Å². The van der Waals surface area contributed by atoms with E-state index in [1.807, 2.05) is 4.40 Å². The summed E-state index contributed by atoms with van der Waals surface area (Å²) in [7, 11) is 1.57. The van der Waals surface area contributed by atoms with E-state index in [0.29, 0.717) is 17.9 Å². The van der Waals surface area contributed by atoms with Crippen LogP contribution in [-0.2, 0) is 16.0 Å². The minimum atomic E-state index is -0.308. The molecule has 2 heterocycles. The standard InChI is InChI=1S/C15H17NO4/c1-4-20-15(18)8-11-7-13(10(2)17)14-9-12(19-3)5-6-16(11)14/h5-7,9H,4,8H2,1-3H3. The number of hydrogen-bond donors (Lipinski definition) is 0. The van der Waals surface area contributed by atoms with Gasteiger partial charge in [0.05, 0.1) is 25.7 Å². The number of carbonyl (C=O) groups excluding carboxylic acids is 2. The minimum absolute atomic E-state index is 0.0501. The third kappa shape index (κ3) is 2.66. The lowest BCUT2D eigenvalue weighted by Crippen LogP contribution is -2.09. The number of esters is 1. The molecule has 2 aromatic rings. The van der Waals surface area contributed by atoms with Crippen LogP contribution >= 0.6 is 0 Å². The molecule has 0 N–H and O–H groups in total. The monoisotopic (exact) mass is 275 g/mol. The van der Waals surface area contributed by atoms with Gasteiger partial charge in [0.25, 0.3) is 0 Å². The number of Topliss-reactive ketones (excluding diaryl/α,β-unsaturated/α-hetero) is 1. The SMILES string of the molecule is CCOC(=O)Cc1cc(C(C)=O)c2cc(OC)ccn12. The van der Waals surface area contributed by atoms with Crippen LogP contribution in [0.3, 0.4) is 0 Å². The van der Waals surface area contributed by atoms with Gasteiger partial charge in [-0.3, -0.25) is 9.59 Å². The zero-order valence-electron chi connectivity index (χ0n) is 11.8. The molecule has 0 aliphatic carbocycles. The van der Waals surface area contributed by atoms with Crippen LogP contribution in [0.25, 0.3) is 5.52 Å². The summed E-state index contributed by atoms with van der Waals surface area (Å²) in [4.78, 5) is 23.3. The smallest absolute Gasteiger partial charge is 0.311 e. The molecule has 5 nitrogen and oxygen atoms in total. The molecule has 0 aliphatic heterocycles. The van der Waals surface area contributed by atoms with Gasteiger partial charge >= 0.3 is 5.97 Å². The minimum Gasteiger partial charge on any atom is -0.497 e. The molecule has 0 unspecified atom stereocenters. The van der Waals surface area contributed by atoms with Crippen LogP contribution in [0, 0.1) is 0 Å². The molecule has 0 atom stereocenters. The zero-order chi connectivity index (χ0) is 14.7. The maximum Gasteiger partial charge on any atom is 0.311 e. The first-order valence-electron chi connectivity index (χ1n) is 6.41. The average molecular weight is 275 g/mol. The lowest BCUT2D eigenvalue weighted by Gasteiger charge is -2.05. The highest BCUT2D eigenvalue weighted by Gasteiger charge is 2.15. The average Bonchev–Trinajstić information content (AvgIpc) is 2.77. The van der Waals surface area contributed by atoms with E-state index < -0.39 is 0 Å². The highest BCUT2D eigenvalue weighted by molar-refractivity contribution is 6.01. The van der Waals surface area contributed by atoms with E-state index in [-0.39, 0.29) is 18.2 Å². The van der Waals surface area contributed by atoms with E-state index in [1.54, 1.807) is 38.4 Å². The number of aromatic nitrogens is 1. The number of fused-ring (bicyclic) bond motifs is 1. The van der Waals surface area contributed by atoms with Crippen LogP contribution < -0.4 is 4.74 Å². The summed E-state index contributed by atoms with van der Waals surface area (Å²) in [5.41, 5.74) is 2.03. The van der Waals surface area contributed by atoms with Crippen molar-refractivity contribution in [2.75, 3.05) is 13.7 Å². The first kappa shape index (κ1) is 14.1. The fraction of sp³-hybridized carbons (Fsp3) is 0.333. The molecule has 20 heavy (non-hydrogen) atoms. The maximum absolute atomic E-state index is 11.7. The maximum atomic E-state index is 11.7. The van der Waals surface area contributed by atoms with Crippen molar-refractivity contribution >= 4 is 17.3 Å². The van der Waals surface area contributed by atoms with E-state index in [9.17, 15) is 9.59 Å². The topological polar surface area (TPSA) is 57.0 Å². The molecule has 0 saturated carbocycles. The van der Waals surface area contributed by atoms with Crippen LogP contribution in [0.1, 0.15) is 29.9 Å². The second-order valence-electron chi connectivity index (χ2n) is 4.41. The van der Waals surface area contributed by atoms with E-state index >= 15 is 0 Å². The summed E-state index contributed by atoms with van der Waals surface area (Å²) in [5.74, 6) is 0.310. The fourth-order valence-electron chi connectivity index (χ4n) is 2.15. The lowest BCUT2D eigenvalue weighted by molar-refractivity contribution is -0.142. The Balaban J connectivity index is 2.50. The molecule has 2 aromatic heterocycles. The Morgan fingerprint density at radius 1 is 1.30 bits per heavy atom. The van der Waals surface area contributed by atoms with Gasteiger partial charge in [0, 0.05) is 23.5 Å². The van der Waals surface area contributed by atoms with Crippen molar-refractivity contribution in [3.8, 4) is 5.75 Å². The quantitative estimate of drug-likeness (QED) is 0.620. The molecule has 106 valence electrons. The predicted octanol–water partition coefficient (Wildman–Crippen LogP) is 2.26. The highest BCUT2D eigenvalue weighted by Crippen LogP contribution is 2.23. The van der Waals surface area contributed by atoms with Crippen molar-refractivity contribution in [1.82, 2.24) is 4.40 Å². The Hall–Kier alpha value is -2.30. The summed E-state index contributed by atoms with van der Waals surface area (Å²) in [6.45, 7) is 3.61. The lowest BCUT2D eigenvalue weighted by atomic mass is 10.2. The first-order chi connectivity index (χ1) is 9.56. The van der Waals surface area contributed by atoms with E-state index in [1.165, 1.54) is 6.92 Å². The van der Waals surface area contributed by atoms with Crippen LogP contribution in [0.15, 0.2) is 24.4 Å². The molecule has 2 rings (SSSR count). The number of nitrogens with zero attached hydrogens (tertiary/aromatic N) is 1. The molecule has 0 aromatic carbocycles. The van der Waals surface area contributed by atoms with E-state index in [2.05, 4.69) is 0 Å². The Kier molecular flexibility index (Phi) is 4.08. The molecule has 0 aliphatic rings. The number of pyridine rings is 1. The number of hydrogen-bond acceptors (Lipinski definition) is 4. The number of methoxy groups -OCH3 is 1. The Morgan fingerprint density at radius 2 is 2.05 bits per heavy atom. The Labute approximate surface area is 117 Å². The number of rotatable bonds is 5. The van der Waals surface area contributed by atoms with Crippen molar-refractivity contribution in [3.05, 3.63) is 35.7 Å². The molecular formula is C15H17NO4. The summed E-state index contributed by atoms with van der Waals surface area (Å²) in [5, 5.41) is 0. The largest absolute Gasteiger partial charge is 0.497 e. The summed E-state index contributed by atoms with van der Waals surface area (Å²) >= 11 is 0. The molecule has 0 fully saturated rings. The van der Waals surface area contributed by atoms with Gasteiger partial charge in [-0.25, -0.2) is 0 Å². The zero-order valence-corrected chi connectivity index (χ0v) is 11.8.